The smallest absolute Gasteiger partial charge is 0.187 e. The zero-order valence-electron chi connectivity index (χ0n) is 3.97. The predicted molar refractivity (Wildman–Crippen MR) is 51.1 cm³/mol. The lowest BCUT2D eigenvalue weighted by Crippen LogP contribution is -2.28. The van der Waals surface area contributed by atoms with E-state index in [1.165, 1.54) is 4.81 Å². The van der Waals surface area contributed by atoms with Crippen molar-refractivity contribution in [1.29, 1.82) is 0 Å². The normalized spacial score (nSPS) is 11.9. The molecule has 0 unspecified atom stereocenters. The molecule has 0 saturated heterocycles. The molecule has 1 nitrogen and oxygen atoms in total. The fourth-order valence-electron chi connectivity index (χ4n) is 0.119. The first-order chi connectivity index (χ1) is 3.55. The van der Waals surface area contributed by atoms with Crippen molar-refractivity contribution in [2.75, 3.05) is 0 Å². The molecule has 2 radical (unpaired) electrons. The van der Waals surface area contributed by atoms with Gasteiger partial charge in [-0.25, -0.2) is 0 Å². The van der Waals surface area contributed by atoms with E-state index in [2.05, 4.69) is 50.5 Å². The minimum atomic E-state index is -0.310. The van der Waals surface area contributed by atoms with Gasteiger partial charge in [-0.2, -0.15) is 50.5 Å². The van der Waals surface area contributed by atoms with Gasteiger partial charge in [0.05, 0.1) is 9.41 Å². The summed E-state index contributed by atoms with van der Waals surface area (Å²) >= 11 is 15.6. The Bertz CT molecular complexity index is 59.1. The Balaban J connectivity index is 3.46. The van der Waals surface area contributed by atoms with E-state index in [1.807, 2.05) is 0 Å². The second-order valence-corrected chi connectivity index (χ2v) is 3.91. The summed E-state index contributed by atoms with van der Waals surface area (Å²) in [6.07, 6.45) is 0. The Morgan fingerprint density at radius 2 is 1.25 bits per heavy atom. The van der Waals surface area contributed by atoms with E-state index in [1.54, 1.807) is 0 Å². The molecule has 0 N–H and O–H groups in total. The van der Waals surface area contributed by atoms with Crippen molar-refractivity contribution < 1.29 is 0 Å². The fourth-order valence-corrected chi connectivity index (χ4v) is 1.07. The third-order valence-electron chi connectivity index (χ3n) is 0.533. The topological polar surface area (TPSA) is 3.24 Å². The number of rotatable bonds is 2. The van der Waals surface area contributed by atoms with E-state index in [9.17, 15) is 0 Å². The first-order valence-corrected chi connectivity index (χ1v) is 3.87. The molecule has 0 bridgehead atoms. The van der Waals surface area contributed by atoms with E-state index in [4.69, 9.17) is 7.98 Å². The predicted octanol–water partition coefficient (Wildman–Crippen LogP) is 0.658. The molecule has 0 saturated carbocycles. The van der Waals surface area contributed by atoms with Crippen molar-refractivity contribution in [3.8, 4) is 0 Å². The minimum Gasteiger partial charge on any atom is -0.316 e. The summed E-state index contributed by atoms with van der Waals surface area (Å²) in [5.74, 6) is 0. The van der Waals surface area contributed by atoms with Crippen LogP contribution in [0.25, 0.3) is 0 Å². The first-order valence-electron chi connectivity index (χ1n) is 1.81. The molecule has 0 amide bonds. The third-order valence-corrected chi connectivity index (χ3v) is 1.60. The molecule has 0 fully saturated rings. The van der Waals surface area contributed by atoms with Gasteiger partial charge in [0, 0.05) is 0 Å². The van der Waals surface area contributed by atoms with Gasteiger partial charge in [-0.3, -0.25) is 0 Å². The van der Waals surface area contributed by atoms with Crippen molar-refractivity contribution in [1.82, 2.24) is 4.81 Å². The van der Waals surface area contributed by atoms with Gasteiger partial charge in [0.25, 0.3) is 0 Å². The molecule has 0 aromatic rings. The van der Waals surface area contributed by atoms with Gasteiger partial charge in [-0.15, -0.1) is 0 Å². The van der Waals surface area contributed by atoms with Crippen molar-refractivity contribution in [3.63, 3.8) is 0 Å². The van der Waals surface area contributed by atoms with E-state index < -0.39 is 0 Å². The Kier molecular flexibility index (Phi) is 5.03. The number of hydrogen-bond acceptors (Lipinski definition) is 5. The summed E-state index contributed by atoms with van der Waals surface area (Å²) in [6, 6.07) is 0. The summed E-state index contributed by atoms with van der Waals surface area (Å²) < 4.78 is -0.620. The van der Waals surface area contributed by atoms with Crippen molar-refractivity contribution >= 4 is 58.5 Å². The van der Waals surface area contributed by atoms with Gasteiger partial charge in [0.1, 0.15) is 0 Å². The van der Waals surface area contributed by atoms with E-state index in [0.717, 1.165) is 0 Å². The van der Waals surface area contributed by atoms with Gasteiger partial charge in [0.15, 0.2) is 7.98 Å². The molecular weight excluding hydrogens is 177 g/mol. The summed E-state index contributed by atoms with van der Waals surface area (Å²) in [4.78, 5) is 1.29. The fraction of sp³-hybridized carbons (Fsp3) is 1.00. The van der Waals surface area contributed by atoms with Crippen LogP contribution in [-0.2, 0) is 0 Å². The van der Waals surface area contributed by atoms with Gasteiger partial charge in [0.2, 0.25) is 0 Å². The van der Waals surface area contributed by atoms with E-state index in [0.29, 0.717) is 0 Å². The Hall–Kier alpha value is 1.42. The highest BCUT2D eigenvalue weighted by molar-refractivity contribution is 8.00. The van der Waals surface area contributed by atoms with Gasteiger partial charge >= 0.3 is 0 Å². The number of thiol groups is 4. The Labute approximate surface area is 72.7 Å². The maximum atomic E-state index is 5.29. The monoisotopic (exact) mass is 183 g/mol. The Morgan fingerprint density at radius 1 is 1.00 bits per heavy atom. The second-order valence-electron chi connectivity index (χ2n) is 1.14. The van der Waals surface area contributed by atoms with Crippen LogP contribution in [-0.4, -0.2) is 22.2 Å². The molecule has 0 aromatic carbocycles. The molecule has 0 aliphatic carbocycles. The second kappa shape index (κ2) is 4.27. The SMILES string of the molecule is [B]N(C(S)S)C(S)S. The molecule has 0 heterocycles. The average molecular weight is 183 g/mol. The number of nitrogens with zero attached hydrogens (tertiary/aromatic N) is 1. The molecule has 8 heavy (non-hydrogen) atoms. The van der Waals surface area contributed by atoms with Crippen LogP contribution in [0.2, 0.25) is 0 Å². The third kappa shape index (κ3) is 3.45. The van der Waals surface area contributed by atoms with Crippen LogP contribution in [0.1, 0.15) is 0 Å². The van der Waals surface area contributed by atoms with Gasteiger partial charge in [-0.05, 0) is 0 Å². The van der Waals surface area contributed by atoms with Crippen LogP contribution in [0, 0.1) is 0 Å². The van der Waals surface area contributed by atoms with Crippen LogP contribution in [0.4, 0.5) is 0 Å². The molecule has 0 spiro atoms. The Morgan fingerprint density at radius 3 is 1.25 bits per heavy atom. The van der Waals surface area contributed by atoms with Crippen molar-refractivity contribution in [2.45, 2.75) is 9.41 Å². The van der Waals surface area contributed by atoms with Crippen LogP contribution >= 0.6 is 50.5 Å². The van der Waals surface area contributed by atoms with E-state index in [-0.39, 0.29) is 9.41 Å². The van der Waals surface area contributed by atoms with Gasteiger partial charge < -0.3 is 4.81 Å². The van der Waals surface area contributed by atoms with Crippen molar-refractivity contribution in [2.24, 2.45) is 0 Å². The van der Waals surface area contributed by atoms with Crippen LogP contribution in [0.3, 0.4) is 0 Å². The summed E-state index contributed by atoms with van der Waals surface area (Å²) in [7, 11) is 5.29. The zero-order chi connectivity index (χ0) is 6.73. The maximum Gasteiger partial charge on any atom is 0.187 e. The molecule has 0 atom stereocenters. The summed E-state index contributed by atoms with van der Waals surface area (Å²) in [6.45, 7) is 0. The summed E-state index contributed by atoms with van der Waals surface area (Å²) in [5, 5.41) is 0. The molecule has 46 valence electrons. The largest absolute Gasteiger partial charge is 0.316 e. The summed E-state index contributed by atoms with van der Waals surface area (Å²) in [5.41, 5.74) is 0. The van der Waals surface area contributed by atoms with Gasteiger partial charge in [-0.1, -0.05) is 0 Å². The highest BCUT2D eigenvalue weighted by Gasteiger charge is 2.07. The molecule has 0 rings (SSSR count). The molecule has 0 aliphatic rings. The van der Waals surface area contributed by atoms with Crippen LogP contribution < -0.4 is 0 Å². The first kappa shape index (κ1) is 9.42. The van der Waals surface area contributed by atoms with E-state index >= 15 is 0 Å². The lowest BCUT2D eigenvalue weighted by Gasteiger charge is -2.22. The lowest BCUT2D eigenvalue weighted by molar-refractivity contribution is 0.577. The van der Waals surface area contributed by atoms with Crippen LogP contribution in [0.15, 0.2) is 0 Å². The quantitative estimate of drug-likeness (QED) is 0.278. The highest BCUT2D eigenvalue weighted by atomic mass is 32.2. The molecular formula is C2H6BNS4. The zero-order valence-corrected chi connectivity index (χ0v) is 7.55. The van der Waals surface area contributed by atoms with Crippen LogP contribution in [0.5, 0.6) is 0 Å². The highest BCUT2D eigenvalue weighted by Crippen LogP contribution is 2.13. The van der Waals surface area contributed by atoms with Crippen molar-refractivity contribution in [3.05, 3.63) is 0 Å². The molecule has 6 heteroatoms. The molecule has 0 aliphatic heterocycles. The maximum absolute atomic E-state index is 5.29. The molecule has 0 aromatic heterocycles. The lowest BCUT2D eigenvalue weighted by atomic mass is 10.4. The average Bonchev–Trinajstić information content (AvgIpc) is 1.64. The standard InChI is InChI=1S/C2H6BNS4/c3-4(1(5)6)2(7)8/h1-2,5-8H. The minimum absolute atomic E-state index is 0.310. The number of hydrogen-bond donors (Lipinski definition) is 4.